The lowest BCUT2D eigenvalue weighted by Crippen LogP contribution is -2.29. The Morgan fingerprint density at radius 3 is 2.50 bits per heavy atom. The highest BCUT2D eigenvalue weighted by Gasteiger charge is 2.17. The molecule has 0 aliphatic heterocycles. The summed E-state index contributed by atoms with van der Waals surface area (Å²) in [5.74, 6) is -0.266. The summed E-state index contributed by atoms with van der Waals surface area (Å²) in [4.78, 5) is 12.6. The third kappa shape index (κ3) is 4.85. The van der Waals surface area contributed by atoms with Crippen LogP contribution >= 0.6 is 12.4 Å². The summed E-state index contributed by atoms with van der Waals surface area (Å²) < 4.78 is 28.8. The van der Waals surface area contributed by atoms with Crippen LogP contribution in [0.1, 0.15) is 28.7 Å². The number of amides is 1. The summed E-state index contributed by atoms with van der Waals surface area (Å²) in [5, 5.41) is 2.76. The molecule has 2 aromatic rings. The fourth-order valence-corrected chi connectivity index (χ4v) is 3.83. The van der Waals surface area contributed by atoms with Crippen molar-refractivity contribution in [2.75, 3.05) is 18.4 Å². The van der Waals surface area contributed by atoms with Gasteiger partial charge in [0.25, 0.3) is 5.91 Å². The molecule has 0 aliphatic rings. The van der Waals surface area contributed by atoms with Gasteiger partial charge in [0.2, 0.25) is 10.0 Å². The number of nitrogens with two attached hydrogens (primary N) is 1. The first-order valence-corrected chi connectivity index (χ1v) is 9.56. The number of nitrogens with zero attached hydrogens (tertiary/aromatic N) is 1. The minimum absolute atomic E-state index is 0. The molecule has 0 unspecified atom stereocenters. The molecule has 0 spiro atoms. The van der Waals surface area contributed by atoms with Crippen LogP contribution in [0.25, 0.3) is 0 Å². The fourth-order valence-electron chi connectivity index (χ4n) is 2.73. The van der Waals surface area contributed by atoms with E-state index >= 15 is 0 Å². The minimum atomic E-state index is -3.65. The first kappa shape index (κ1) is 22.2. The van der Waals surface area contributed by atoms with Crippen molar-refractivity contribution in [3.63, 3.8) is 0 Å². The lowest BCUT2D eigenvalue weighted by molar-refractivity contribution is 0.102. The van der Waals surface area contributed by atoms with Crippen molar-refractivity contribution in [2.45, 2.75) is 32.2 Å². The summed E-state index contributed by atoms with van der Waals surface area (Å²) in [6.07, 6.45) is 0. The standard InChI is InChI=1S/C17H24N4O3S.ClH/c1-4-21-12(2)10-16(13(21)3)17(22)20-14-6-5-7-15(11-14)25(23,24)19-9-8-18;/h5-7,10-11,19H,4,8-9,18H2,1-3H3,(H,20,22);1H. The molecule has 144 valence electrons. The molecule has 1 aromatic carbocycles. The zero-order valence-electron chi connectivity index (χ0n) is 15.1. The second kappa shape index (κ2) is 9.18. The third-order valence-electron chi connectivity index (χ3n) is 3.97. The quantitative estimate of drug-likeness (QED) is 0.661. The topological polar surface area (TPSA) is 106 Å². The molecule has 0 saturated heterocycles. The molecule has 0 bridgehead atoms. The van der Waals surface area contributed by atoms with Gasteiger partial charge in [-0.15, -0.1) is 12.4 Å². The maximum atomic E-state index is 12.5. The lowest BCUT2D eigenvalue weighted by Gasteiger charge is -2.09. The molecule has 7 nitrogen and oxygen atoms in total. The van der Waals surface area contributed by atoms with Crippen LogP contribution in [0, 0.1) is 13.8 Å². The number of hydrogen-bond donors (Lipinski definition) is 3. The van der Waals surface area contributed by atoms with Gasteiger partial charge in [-0.1, -0.05) is 6.07 Å². The van der Waals surface area contributed by atoms with Gasteiger partial charge in [0, 0.05) is 36.7 Å². The highest BCUT2D eigenvalue weighted by atomic mass is 35.5. The molecule has 1 aromatic heterocycles. The second-order valence-electron chi connectivity index (χ2n) is 5.70. The molecular weight excluding hydrogens is 376 g/mol. The molecular formula is C17H25ClN4O3S. The average molecular weight is 401 g/mol. The van der Waals surface area contributed by atoms with Crippen LogP contribution in [0.15, 0.2) is 35.2 Å². The Labute approximate surface area is 160 Å². The van der Waals surface area contributed by atoms with E-state index in [4.69, 9.17) is 5.73 Å². The zero-order chi connectivity index (χ0) is 18.6. The Hall–Kier alpha value is -1.87. The van der Waals surface area contributed by atoms with Crippen LogP contribution in [0.2, 0.25) is 0 Å². The number of aromatic nitrogens is 1. The van der Waals surface area contributed by atoms with Crippen molar-refractivity contribution in [2.24, 2.45) is 5.73 Å². The number of anilines is 1. The normalized spacial score (nSPS) is 11.1. The van der Waals surface area contributed by atoms with Gasteiger partial charge in [-0.05, 0) is 45.0 Å². The van der Waals surface area contributed by atoms with Crippen molar-refractivity contribution < 1.29 is 13.2 Å². The molecule has 26 heavy (non-hydrogen) atoms. The van der Waals surface area contributed by atoms with Gasteiger partial charge in [0.05, 0.1) is 10.5 Å². The van der Waals surface area contributed by atoms with E-state index in [-0.39, 0.29) is 36.3 Å². The van der Waals surface area contributed by atoms with E-state index in [1.807, 2.05) is 31.4 Å². The van der Waals surface area contributed by atoms with Crippen molar-refractivity contribution in [3.8, 4) is 0 Å². The zero-order valence-corrected chi connectivity index (χ0v) is 16.7. The maximum Gasteiger partial charge on any atom is 0.257 e. The number of carbonyl (C=O) groups is 1. The lowest BCUT2D eigenvalue weighted by atomic mass is 10.2. The number of carbonyl (C=O) groups excluding carboxylic acids is 1. The number of benzene rings is 1. The largest absolute Gasteiger partial charge is 0.349 e. The maximum absolute atomic E-state index is 12.5. The highest BCUT2D eigenvalue weighted by Crippen LogP contribution is 2.19. The molecule has 0 aliphatic carbocycles. The van der Waals surface area contributed by atoms with Crippen molar-refractivity contribution >= 4 is 34.0 Å². The number of nitrogens with one attached hydrogen (secondary N) is 2. The summed E-state index contributed by atoms with van der Waals surface area (Å²) in [6, 6.07) is 7.96. The molecule has 4 N–H and O–H groups in total. The molecule has 0 fully saturated rings. The van der Waals surface area contributed by atoms with Gasteiger partial charge in [-0.25, -0.2) is 13.1 Å². The van der Waals surface area contributed by atoms with E-state index in [1.54, 1.807) is 12.1 Å². The van der Waals surface area contributed by atoms with E-state index in [0.717, 1.165) is 17.9 Å². The van der Waals surface area contributed by atoms with Crippen LogP contribution in [-0.4, -0.2) is 32.0 Å². The number of hydrogen-bond acceptors (Lipinski definition) is 4. The summed E-state index contributed by atoms with van der Waals surface area (Å²) >= 11 is 0. The summed E-state index contributed by atoms with van der Waals surface area (Å²) in [5.41, 5.74) is 8.21. The van der Waals surface area contributed by atoms with Gasteiger partial charge in [-0.2, -0.15) is 0 Å². The fraction of sp³-hybridized carbons (Fsp3) is 0.353. The first-order valence-electron chi connectivity index (χ1n) is 8.08. The predicted octanol–water partition coefficient (Wildman–Crippen LogP) is 2.04. The smallest absolute Gasteiger partial charge is 0.257 e. The first-order chi connectivity index (χ1) is 11.8. The van der Waals surface area contributed by atoms with E-state index in [2.05, 4.69) is 10.0 Å². The van der Waals surface area contributed by atoms with Crippen molar-refractivity contribution in [3.05, 3.63) is 47.3 Å². The molecule has 2 rings (SSSR count). The molecule has 1 amide bonds. The van der Waals surface area contributed by atoms with E-state index in [9.17, 15) is 13.2 Å². The average Bonchev–Trinajstić information content (AvgIpc) is 2.87. The van der Waals surface area contributed by atoms with Crippen LogP contribution in [0.3, 0.4) is 0 Å². The van der Waals surface area contributed by atoms with E-state index in [1.165, 1.54) is 12.1 Å². The number of sulfonamides is 1. The molecule has 0 atom stereocenters. The minimum Gasteiger partial charge on any atom is -0.349 e. The van der Waals surface area contributed by atoms with Crippen molar-refractivity contribution in [1.82, 2.24) is 9.29 Å². The molecule has 0 saturated carbocycles. The summed E-state index contributed by atoms with van der Waals surface area (Å²) in [6.45, 7) is 7.01. The Balaban J connectivity index is 0.00000338. The summed E-state index contributed by atoms with van der Waals surface area (Å²) in [7, 11) is -3.65. The van der Waals surface area contributed by atoms with Crippen LogP contribution in [0.5, 0.6) is 0 Å². The monoisotopic (exact) mass is 400 g/mol. The predicted molar refractivity (Wildman–Crippen MR) is 105 cm³/mol. The Morgan fingerprint density at radius 1 is 1.23 bits per heavy atom. The highest BCUT2D eigenvalue weighted by molar-refractivity contribution is 7.89. The second-order valence-corrected chi connectivity index (χ2v) is 7.46. The van der Waals surface area contributed by atoms with Gasteiger partial charge in [0.15, 0.2) is 0 Å². The molecule has 9 heteroatoms. The van der Waals surface area contributed by atoms with Gasteiger partial charge >= 0.3 is 0 Å². The third-order valence-corrected chi connectivity index (χ3v) is 5.43. The Morgan fingerprint density at radius 2 is 1.92 bits per heavy atom. The van der Waals surface area contributed by atoms with Gasteiger partial charge in [0.1, 0.15) is 0 Å². The molecule has 1 heterocycles. The SMILES string of the molecule is CCn1c(C)cc(C(=O)Nc2cccc(S(=O)(=O)NCCN)c2)c1C.Cl. The van der Waals surface area contributed by atoms with Crippen molar-refractivity contribution in [1.29, 1.82) is 0 Å². The Bertz CT molecular complexity index is 878. The van der Waals surface area contributed by atoms with Crippen LogP contribution in [0.4, 0.5) is 5.69 Å². The number of rotatable bonds is 7. The van der Waals surface area contributed by atoms with E-state index in [0.29, 0.717) is 11.3 Å². The number of halogens is 1. The van der Waals surface area contributed by atoms with Gasteiger partial charge < -0.3 is 15.6 Å². The van der Waals surface area contributed by atoms with E-state index < -0.39 is 10.0 Å². The van der Waals surface area contributed by atoms with Crippen LogP contribution in [-0.2, 0) is 16.6 Å². The Kier molecular flexibility index (Phi) is 7.83. The molecule has 0 radical (unpaired) electrons. The van der Waals surface area contributed by atoms with Crippen LogP contribution < -0.4 is 15.8 Å². The van der Waals surface area contributed by atoms with Gasteiger partial charge in [-0.3, -0.25) is 4.79 Å². The number of aryl methyl sites for hydroxylation is 1.